The average molecular weight is 361 g/mol. The number of rotatable bonds is 4. The van der Waals surface area contributed by atoms with E-state index in [0.717, 1.165) is 30.8 Å². The highest BCUT2D eigenvalue weighted by Gasteiger charge is 2.40. The van der Waals surface area contributed by atoms with Gasteiger partial charge in [0.1, 0.15) is 5.75 Å². The van der Waals surface area contributed by atoms with Gasteiger partial charge in [-0.15, -0.1) is 0 Å². The second-order valence-corrected chi connectivity index (χ2v) is 8.07. The van der Waals surface area contributed by atoms with Crippen LogP contribution in [0.25, 0.3) is 10.9 Å². The maximum Gasteiger partial charge on any atom is 0.119 e. The van der Waals surface area contributed by atoms with E-state index in [1.807, 2.05) is 13.1 Å². The Balaban J connectivity index is 1.59. The molecule has 2 unspecified atom stereocenters. The summed E-state index contributed by atoms with van der Waals surface area (Å²) in [6, 6.07) is 12.1. The molecule has 1 aromatic carbocycles. The summed E-state index contributed by atoms with van der Waals surface area (Å²) in [5, 5.41) is 1.38. The Morgan fingerprint density at radius 1 is 1.19 bits per heavy atom. The number of nitrogens with zero attached hydrogens (tertiary/aromatic N) is 3. The van der Waals surface area contributed by atoms with Crippen LogP contribution in [0.4, 0.5) is 0 Å². The smallest absolute Gasteiger partial charge is 0.119 e. The number of fused-ring (bicyclic) bond motifs is 6. The van der Waals surface area contributed by atoms with Gasteiger partial charge in [-0.05, 0) is 68.6 Å². The standard InChI is InChI=1S/C23H27N3O/c1-15-4-5-16(14-24-15)10-11-26-20-9-7-18(27-3)13-19(20)23-21-8-6-17(25(21)2)12-22(23)26/h4-5,7,9,13-14,17,21H,6,8,10-12H2,1-3H3. The number of benzene rings is 1. The Morgan fingerprint density at radius 3 is 2.85 bits per heavy atom. The van der Waals surface area contributed by atoms with Crippen LogP contribution in [-0.4, -0.2) is 34.7 Å². The van der Waals surface area contributed by atoms with Crippen LogP contribution in [0.15, 0.2) is 36.5 Å². The first kappa shape index (κ1) is 16.8. The van der Waals surface area contributed by atoms with Crippen LogP contribution >= 0.6 is 0 Å². The number of ether oxygens (including phenoxy) is 1. The van der Waals surface area contributed by atoms with Crippen LogP contribution in [-0.2, 0) is 19.4 Å². The van der Waals surface area contributed by atoms with Crippen molar-refractivity contribution in [2.75, 3.05) is 14.2 Å². The fourth-order valence-electron chi connectivity index (χ4n) is 5.10. The van der Waals surface area contributed by atoms with Crippen molar-refractivity contribution in [2.24, 2.45) is 0 Å². The van der Waals surface area contributed by atoms with Gasteiger partial charge in [-0.2, -0.15) is 0 Å². The zero-order valence-electron chi connectivity index (χ0n) is 16.4. The van der Waals surface area contributed by atoms with E-state index < -0.39 is 0 Å². The van der Waals surface area contributed by atoms with Gasteiger partial charge >= 0.3 is 0 Å². The summed E-state index contributed by atoms with van der Waals surface area (Å²) in [4.78, 5) is 7.06. The molecule has 0 amide bonds. The molecule has 0 radical (unpaired) electrons. The maximum absolute atomic E-state index is 5.54. The van der Waals surface area contributed by atoms with Gasteiger partial charge in [0.25, 0.3) is 0 Å². The topological polar surface area (TPSA) is 30.3 Å². The van der Waals surface area contributed by atoms with Crippen molar-refractivity contribution in [3.8, 4) is 5.75 Å². The number of likely N-dealkylation sites (N-methyl/N-ethyl adjacent to an activating group) is 1. The van der Waals surface area contributed by atoms with Crippen LogP contribution in [0, 0.1) is 6.92 Å². The van der Waals surface area contributed by atoms with Gasteiger partial charge in [-0.3, -0.25) is 9.88 Å². The van der Waals surface area contributed by atoms with Crippen molar-refractivity contribution < 1.29 is 4.74 Å². The molecule has 1 saturated heterocycles. The fourth-order valence-corrected chi connectivity index (χ4v) is 5.10. The molecule has 2 aliphatic rings. The van der Waals surface area contributed by atoms with E-state index in [4.69, 9.17) is 4.74 Å². The summed E-state index contributed by atoms with van der Waals surface area (Å²) < 4.78 is 8.11. The van der Waals surface area contributed by atoms with Crippen molar-refractivity contribution in [2.45, 2.75) is 51.2 Å². The normalized spacial score (nSPS) is 21.6. The number of pyridine rings is 1. The molecule has 4 heterocycles. The Kier molecular flexibility index (Phi) is 3.97. The van der Waals surface area contributed by atoms with Gasteiger partial charge in [-0.25, -0.2) is 0 Å². The molecular formula is C23H27N3O. The lowest BCUT2D eigenvalue weighted by atomic mass is 9.97. The predicted octanol–water partition coefficient (Wildman–Crippen LogP) is 4.29. The van der Waals surface area contributed by atoms with Crippen LogP contribution in [0.1, 0.15) is 41.4 Å². The summed E-state index contributed by atoms with van der Waals surface area (Å²) in [7, 11) is 4.05. The Hall–Kier alpha value is -2.33. The molecule has 0 N–H and O–H groups in total. The van der Waals surface area contributed by atoms with Crippen molar-refractivity contribution in [1.29, 1.82) is 0 Å². The minimum Gasteiger partial charge on any atom is -0.497 e. The highest BCUT2D eigenvalue weighted by atomic mass is 16.5. The van der Waals surface area contributed by atoms with Crippen molar-refractivity contribution in [1.82, 2.24) is 14.5 Å². The first-order valence-electron chi connectivity index (χ1n) is 9.98. The molecule has 4 nitrogen and oxygen atoms in total. The van der Waals surface area contributed by atoms with Crippen molar-refractivity contribution in [3.63, 3.8) is 0 Å². The third kappa shape index (κ3) is 2.66. The summed E-state index contributed by atoms with van der Waals surface area (Å²) in [5.74, 6) is 0.952. The van der Waals surface area contributed by atoms with Gasteiger partial charge in [0.05, 0.1) is 7.11 Å². The van der Waals surface area contributed by atoms with Gasteiger partial charge in [0, 0.05) is 53.5 Å². The zero-order chi connectivity index (χ0) is 18.5. The molecular weight excluding hydrogens is 334 g/mol. The minimum atomic E-state index is 0.552. The highest BCUT2D eigenvalue weighted by Crippen LogP contribution is 2.47. The molecule has 27 heavy (non-hydrogen) atoms. The van der Waals surface area contributed by atoms with Crippen LogP contribution in [0.5, 0.6) is 5.75 Å². The molecule has 0 spiro atoms. The van der Waals surface area contributed by atoms with Crippen molar-refractivity contribution in [3.05, 3.63) is 59.0 Å². The van der Waals surface area contributed by atoms with E-state index in [1.165, 1.54) is 29.3 Å². The number of aryl methyl sites for hydroxylation is 3. The molecule has 0 aliphatic carbocycles. The average Bonchev–Trinajstić information content (AvgIpc) is 3.10. The van der Waals surface area contributed by atoms with Gasteiger partial charge in [0.15, 0.2) is 0 Å². The summed E-state index contributed by atoms with van der Waals surface area (Å²) in [6.45, 7) is 3.05. The molecule has 5 rings (SSSR count). The molecule has 3 aromatic rings. The minimum absolute atomic E-state index is 0.552. The zero-order valence-corrected chi connectivity index (χ0v) is 16.4. The molecule has 2 atom stereocenters. The highest BCUT2D eigenvalue weighted by molar-refractivity contribution is 5.88. The van der Waals surface area contributed by atoms with E-state index in [2.05, 4.69) is 51.8 Å². The van der Waals surface area contributed by atoms with E-state index in [-0.39, 0.29) is 0 Å². The van der Waals surface area contributed by atoms with Gasteiger partial charge in [-0.1, -0.05) is 6.07 Å². The predicted molar refractivity (Wildman–Crippen MR) is 108 cm³/mol. The largest absolute Gasteiger partial charge is 0.497 e. The van der Waals surface area contributed by atoms with E-state index in [9.17, 15) is 0 Å². The Morgan fingerprint density at radius 2 is 2.07 bits per heavy atom. The van der Waals surface area contributed by atoms with Crippen LogP contribution < -0.4 is 4.74 Å². The molecule has 2 aliphatic heterocycles. The third-order valence-electron chi connectivity index (χ3n) is 6.62. The molecule has 140 valence electrons. The van der Waals surface area contributed by atoms with Crippen LogP contribution in [0.3, 0.4) is 0 Å². The van der Waals surface area contributed by atoms with Gasteiger partial charge in [0.2, 0.25) is 0 Å². The number of hydrogen-bond acceptors (Lipinski definition) is 3. The monoisotopic (exact) mass is 361 g/mol. The lowest BCUT2D eigenvalue weighted by molar-refractivity contribution is 0.222. The second-order valence-electron chi connectivity index (χ2n) is 8.07. The molecule has 2 bridgehead atoms. The summed E-state index contributed by atoms with van der Waals surface area (Å²) in [5.41, 5.74) is 6.82. The maximum atomic E-state index is 5.54. The van der Waals surface area contributed by atoms with E-state index in [1.54, 1.807) is 18.4 Å². The molecule has 4 heteroatoms. The third-order valence-corrected chi connectivity index (χ3v) is 6.62. The summed E-state index contributed by atoms with van der Waals surface area (Å²) in [6.07, 6.45) is 6.77. The van der Waals surface area contributed by atoms with Gasteiger partial charge < -0.3 is 9.30 Å². The molecule has 2 aromatic heterocycles. The number of methoxy groups -OCH3 is 1. The number of aromatic nitrogens is 2. The van der Waals surface area contributed by atoms with Crippen LogP contribution in [0.2, 0.25) is 0 Å². The fraction of sp³-hybridized carbons (Fsp3) is 0.435. The van der Waals surface area contributed by atoms with E-state index in [0.29, 0.717) is 12.1 Å². The lowest BCUT2D eigenvalue weighted by Gasteiger charge is -2.32. The lowest BCUT2D eigenvalue weighted by Crippen LogP contribution is -2.34. The Bertz CT molecular complexity index is 989. The Labute approximate surface area is 160 Å². The van der Waals surface area contributed by atoms with E-state index >= 15 is 0 Å². The SMILES string of the molecule is COc1ccc2c(c1)c1c(n2CCc2ccc(C)nc2)CC2CCC1N2C. The molecule has 0 saturated carbocycles. The molecule has 1 fully saturated rings. The number of hydrogen-bond donors (Lipinski definition) is 0. The second kappa shape index (κ2) is 6.38. The summed E-state index contributed by atoms with van der Waals surface area (Å²) >= 11 is 0. The van der Waals surface area contributed by atoms with Crippen molar-refractivity contribution >= 4 is 10.9 Å². The first-order chi connectivity index (χ1) is 13.2. The first-order valence-corrected chi connectivity index (χ1v) is 9.98. The quantitative estimate of drug-likeness (QED) is 0.694.